The number of hydrogen-bond acceptors (Lipinski definition) is 6. The molecule has 1 aliphatic rings. The van der Waals surface area contributed by atoms with Gasteiger partial charge in [0, 0.05) is 6.54 Å². The summed E-state index contributed by atoms with van der Waals surface area (Å²) in [5.41, 5.74) is 0. The first kappa shape index (κ1) is 14.7. The van der Waals surface area contributed by atoms with Gasteiger partial charge in [-0.2, -0.15) is 5.10 Å². The van der Waals surface area contributed by atoms with Gasteiger partial charge in [-0.3, -0.25) is 4.79 Å². The molecule has 0 saturated carbocycles. The number of nitrogens with zero attached hydrogens (tertiary/aromatic N) is 6. The normalized spacial score (nSPS) is 18.2. The largest absolute Gasteiger partial charge is 0.458 e. The van der Waals surface area contributed by atoms with Gasteiger partial charge in [0.15, 0.2) is 0 Å². The number of rotatable bonds is 4. The minimum Gasteiger partial charge on any atom is -0.458 e. The van der Waals surface area contributed by atoms with Crippen molar-refractivity contribution in [3.05, 3.63) is 30.1 Å². The van der Waals surface area contributed by atoms with E-state index in [0.29, 0.717) is 11.6 Å². The summed E-state index contributed by atoms with van der Waals surface area (Å²) in [6, 6.07) is 0.278. The molecule has 1 amide bonds. The lowest BCUT2D eigenvalue weighted by atomic mass is 10.1. The standard InChI is InChI=1S/C13H15ClN6O2/c14-10-4-16-13(17-5-10)22-11-2-1-3-19(6-11)12(21)7-20-9-15-8-18-20/h4-5,8-9,11H,1-3,6-7H2/t11-/m1/s1. The SMILES string of the molecule is O=C(Cn1cncn1)N1CCC[C@@H](Oc2ncc(Cl)cn2)C1. The number of carbonyl (C=O) groups excluding carboxylic acids is 1. The molecule has 1 fully saturated rings. The van der Waals surface area contributed by atoms with Gasteiger partial charge in [0.1, 0.15) is 25.3 Å². The van der Waals surface area contributed by atoms with Gasteiger partial charge in [0.25, 0.3) is 0 Å². The molecule has 3 rings (SSSR count). The number of likely N-dealkylation sites (tertiary alicyclic amines) is 1. The van der Waals surface area contributed by atoms with Crippen molar-refractivity contribution in [3.8, 4) is 6.01 Å². The predicted octanol–water partition coefficient (Wildman–Crippen LogP) is 0.791. The molecule has 116 valence electrons. The van der Waals surface area contributed by atoms with Crippen molar-refractivity contribution >= 4 is 17.5 Å². The summed E-state index contributed by atoms with van der Waals surface area (Å²) in [5, 5.41) is 4.40. The van der Waals surface area contributed by atoms with Crippen molar-refractivity contribution in [2.24, 2.45) is 0 Å². The molecule has 2 aromatic rings. The van der Waals surface area contributed by atoms with E-state index < -0.39 is 0 Å². The molecule has 1 saturated heterocycles. The Bertz CT molecular complexity index is 618. The molecule has 3 heterocycles. The molecule has 8 nitrogen and oxygen atoms in total. The molecule has 0 unspecified atom stereocenters. The predicted molar refractivity (Wildman–Crippen MR) is 77.3 cm³/mol. The maximum Gasteiger partial charge on any atom is 0.316 e. The van der Waals surface area contributed by atoms with Crippen molar-refractivity contribution in [2.75, 3.05) is 13.1 Å². The zero-order valence-electron chi connectivity index (χ0n) is 11.8. The number of hydrogen-bond donors (Lipinski definition) is 0. The van der Waals surface area contributed by atoms with Crippen LogP contribution >= 0.6 is 11.6 Å². The smallest absolute Gasteiger partial charge is 0.316 e. The van der Waals surface area contributed by atoms with Crippen LogP contribution in [0.15, 0.2) is 25.0 Å². The molecule has 0 N–H and O–H groups in total. The average molecular weight is 323 g/mol. The van der Waals surface area contributed by atoms with Crippen LogP contribution in [0.2, 0.25) is 5.02 Å². The third-order valence-corrected chi connectivity index (χ3v) is 3.56. The van der Waals surface area contributed by atoms with Crippen LogP contribution in [-0.4, -0.2) is 54.7 Å². The molecular weight excluding hydrogens is 308 g/mol. The Hall–Kier alpha value is -2.22. The molecular formula is C13H15ClN6O2. The summed E-state index contributed by atoms with van der Waals surface area (Å²) >= 11 is 5.74. The highest BCUT2D eigenvalue weighted by molar-refractivity contribution is 6.30. The molecule has 0 spiro atoms. The van der Waals surface area contributed by atoms with E-state index in [1.165, 1.54) is 29.7 Å². The van der Waals surface area contributed by atoms with Crippen LogP contribution < -0.4 is 4.74 Å². The van der Waals surface area contributed by atoms with E-state index in [1.54, 1.807) is 4.90 Å². The molecule has 1 aliphatic heterocycles. The van der Waals surface area contributed by atoms with Crippen LogP contribution in [0.3, 0.4) is 0 Å². The minimum atomic E-state index is -0.116. The third kappa shape index (κ3) is 3.70. The topological polar surface area (TPSA) is 86.0 Å². The number of amides is 1. The summed E-state index contributed by atoms with van der Waals surface area (Å²) in [6.45, 7) is 1.42. The molecule has 9 heteroatoms. The monoisotopic (exact) mass is 322 g/mol. The summed E-state index contributed by atoms with van der Waals surface area (Å²) in [4.78, 5) is 25.9. The van der Waals surface area contributed by atoms with E-state index in [9.17, 15) is 4.79 Å². The second-order valence-electron chi connectivity index (χ2n) is 5.00. The summed E-state index contributed by atoms with van der Waals surface area (Å²) < 4.78 is 7.23. The molecule has 0 bridgehead atoms. The van der Waals surface area contributed by atoms with E-state index in [-0.39, 0.29) is 24.6 Å². The fraction of sp³-hybridized carbons (Fsp3) is 0.462. The molecule has 2 aromatic heterocycles. The quantitative estimate of drug-likeness (QED) is 0.827. The lowest BCUT2D eigenvalue weighted by molar-refractivity contribution is -0.134. The highest BCUT2D eigenvalue weighted by Crippen LogP contribution is 2.16. The van der Waals surface area contributed by atoms with Crippen molar-refractivity contribution in [2.45, 2.75) is 25.5 Å². The Labute approximate surface area is 132 Å². The van der Waals surface area contributed by atoms with Crippen molar-refractivity contribution < 1.29 is 9.53 Å². The lowest BCUT2D eigenvalue weighted by Gasteiger charge is -2.32. The molecule has 22 heavy (non-hydrogen) atoms. The highest BCUT2D eigenvalue weighted by atomic mass is 35.5. The minimum absolute atomic E-state index is 0.00387. The fourth-order valence-electron chi connectivity index (χ4n) is 2.32. The maximum absolute atomic E-state index is 12.2. The lowest BCUT2D eigenvalue weighted by Crippen LogP contribution is -2.45. The van der Waals surface area contributed by atoms with Crippen LogP contribution in [0.1, 0.15) is 12.8 Å². The third-order valence-electron chi connectivity index (χ3n) is 3.36. The van der Waals surface area contributed by atoms with Crippen LogP contribution in [0, 0.1) is 0 Å². The number of ether oxygens (including phenoxy) is 1. The summed E-state index contributed by atoms with van der Waals surface area (Å²) in [7, 11) is 0. The van der Waals surface area contributed by atoms with E-state index >= 15 is 0 Å². The fourth-order valence-corrected chi connectivity index (χ4v) is 2.42. The van der Waals surface area contributed by atoms with E-state index in [1.807, 2.05) is 0 Å². The summed E-state index contributed by atoms with van der Waals surface area (Å²) in [5.74, 6) is -0.00387. The first-order chi connectivity index (χ1) is 10.7. The first-order valence-electron chi connectivity index (χ1n) is 6.95. The maximum atomic E-state index is 12.2. The van der Waals surface area contributed by atoms with E-state index in [2.05, 4.69) is 20.1 Å². The van der Waals surface area contributed by atoms with Gasteiger partial charge in [-0.05, 0) is 12.8 Å². The van der Waals surface area contributed by atoms with Crippen LogP contribution in [-0.2, 0) is 11.3 Å². The Morgan fingerprint density at radius 1 is 1.41 bits per heavy atom. The van der Waals surface area contributed by atoms with Crippen LogP contribution in [0.5, 0.6) is 6.01 Å². The Kier molecular flexibility index (Phi) is 4.47. The second-order valence-corrected chi connectivity index (χ2v) is 5.44. The number of aromatic nitrogens is 5. The number of halogens is 1. The highest BCUT2D eigenvalue weighted by Gasteiger charge is 2.25. The number of piperidine rings is 1. The Morgan fingerprint density at radius 2 is 2.23 bits per heavy atom. The average Bonchev–Trinajstić information content (AvgIpc) is 3.03. The van der Waals surface area contributed by atoms with Gasteiger partial charge in [-0.1, -0.05) is 11.6 Å². The summed E-state index contributed by atoms with van der Waals surface area (Å²) in [6.07, 6.45) is 7.53. The molecule has 1 atom stereocenters. The second kappa shape index (κ2) is 6.69. The zero-order chi connectivity index (χ0) is 15.4. The molecule has 0 radical (unpaired) electrons. The van der Waals surface area contributed by atoms with Crippen LogP contribution in [0.4, 0.5) is 0 Å². The Morgan fingerprint density at radius 3 is 2.95 bits per heavy atom. The zero-order valence-corrected chi connectivity index (χ0v) is 12.6. The Balaban J connectivity index is 1.56. The molecule has 0 aliphatic carbocycles. The first-order valence-corrected chi connectivity index (χ1v) is 7.33. The van der Waals surface area contributed by atoms with Crippen molar-refractivity contribution in [1.82, 2.24) is 29.6 Å². The molecule has 0 aromatic carbocycles. The van der Waals surface area contributed by atoms with Gasteiger partial charge >= 0.3 is 6.01 Å². The van der Waals surface area contributed by atoms with Gasteiger partial charge in [0.2, 0.25) is 5.91 Å². The van der Waals surface area contributed by atoms with Crippen LogP contribution in [0.25, 0.3) is 0 Å². The van der Waals surface area contributed by atoms with Gasteiger partial charge in [-0.25, -0.2) is 19.6 Å². The van der Waals surface area contributed by atoms with Gasteiger partial charge in [-0.15, -0.1) is 0 Å². The van der Waals surface area contributed by atoms with E-state index in [0.717, 1.165) is 19.4 Å². The number of carbonyl (C=O) groups is 1. The van der Waals surface area contributed by atoms with Crippen molar-refractivity contribution in [1.29, 1.82) is 0 Å². The van der Waals surface area contributed by atoms with Gasteiger partial charge in [0.05, 0.1) is 24.0 Å². The van der Waals surface area contributed by atoms with Crippen molar-refractivity contribution in [3.63, 3.8) is 0 Å². The van der Waals surface area contributed by atoms with E-state index in [4.69, 9.17) is 16.3 Å². The van der Waals surface area contributed by atoms with Gasteiger partial charge < -0.3 is 9.64 Å².